The Morgan fingerprint density at radius 2 is 1.34 bits per heavy atom. The summed E-state index contributed by atoms with van der Waals surface area (Å²) in [6.45, 7) is 59.4. The van der Waals surface area contributed by atoms with Gasteiger partial charge in [0.1, 0.15) is 30.0 Å². The number of hydrogen-bond donors (Lipinski definition) is 7. The molecule has 6 aliphatic rings. The van der Waals surface area contributed by atoms with Crippen LogP contribution in [0, 0.1) is 37.9 Å². The number of amidine groups is 1. The molecule has 19 nitrogen and oxygen atoms in total. The van der Waals surface area contributed by atoms with Gasteiger partial charge in [-0.1, -0.05) is 145 Å². The van der Waals surface area contributed by atoms with E-state index in [9.17, 15) is 4.79 Å². The third-order valence-electron chi connectivity index (χ3n) is 9.05. The van der Waals surface area contributed by atoms with Crippen LogP contribution >= 0.6 is 0 Å². The highest BCUT2D eigenvalue weighted by Gasteiger charge is 2.28. The number of H-pyrrole nitrogens is 1. The van der Waals surface area contributed by atoms with Gasteiger partial charge in [0, 0.05) is 57.2 Å². The number of aromatic nitrogens is 3. The number of rotatable bonds is 7. The van der Waals surface area contributed by atoms with Crippen molar-refractivity contribution in [3.05, 3.63) is 85.9 Å². The number of allylic oxidation sites excluding steroid dienone is 2. The molecular weight excluding hydrogens is 937 g/mol. The fourth-order valence-corrected chi connectivity index (χ4v) is 6.59. The van der Waals surface area contributed by atoms with Gasteiger partial charge in [-0.05, 0) is 70.5 Å². The van der Waals surface area contributed by atoms with Crippen LogP contribution in [-0.2, 0) is 30.3 Å². The minimum absolute atomic E-state index is 0.119. The average molecular weight is 1040 g/mol. The zero-order valence-corrected chi connectivity index (χ0v) is 49.6. The van der Waals surface area contributed by atoms with Gasteiger partial charge in [0.25, 0.3) is 5.91 Å². The smallest absolute Gasteiger partial charge is 0.289 e. The van der Waals surface area contributed by atoms with Crippen LogP contribution in [0.4, 0.5) is 0 Å². The van der Waals surface area contributed by atoms with Crippen molar-refractivity contribution in [3.8, 4) is 0 Å². The summed E-state index contributed by atoms with van der Waals surface area (Å²) in [5.74, 6) is 4.36. The van der Waals surface area contributed by atoms with Crippen molar-refractivity contribution < 1.29 is 23.8 Å². The number of amides is 1. The first kappa shape index (κ1) is 66.2. The molecule has 1 amide bonds. The van der Waals surface area contributed by atoms with E-state index in [0.717, 1.165) is 74.9 Å². The molecule has 0 aromatic carbocycles. The van der Waals surface area contributed by atoms with E-state index in [1.54, 1.807) is 12.6 Å². The van der Waals surface area contributed by atoms with E-state index in [1.807, 2.05) is 29.8 Å². The van der Waals surface area contributed by atoms with Crippen LogP contribution < -0.4 is 32.6 Å². The van der Waals surface area contributed by atoms with E-state index in [-0.39, 0.29) is 28.3 Å². The maximum absolute atomic E-state index is 10.9. The second-order valence-corrected chi connectivity index (χ2v) is 27.2. The Labute approximate surface area is 446 Å². The average Bonchev–Trinajstić information content (AvgIpc) is 4.04. The van der Waals surface area contributed by atoms with Gasteiger partial charge in [-0.15, -0.1) is 5.53 Å². The Bertz CT molecular complexity index is 2020. The number of hydrazone groups is 1. The molecule has 0 aliphatic carbocycles. The lowest BCUT2D eigenvalue weighted by Gasteiger charge is -2.25. The minimum Gasteiger partial charge on any atom is -0.470 e. The van der Waals surface area contributed by atoms with E-state index >= 15 is 0 Å². The molecule has 0 spiro atoms. The summed E-state index contributed by atoms with van der Waals surface area (Å²) < 4.78 is 15.3. The van der Waals surface area contributed by atoms with Crippen LogP contribution in [-0.4, -0.2) is 75.3 Å². The van der Waals surface area contributed by atoms with E-state index in [2.05, 4.69) is 233 Å². The van der Waals surface area contributed by atoms with Gasteiger partial charge in [0.2, 0.25) is 5.88 Å². The minimum atomic E-state index is -0.338. The molecule has 0 saturated carbocycles. The van der Waals surface area contributed by atoms with Gasteiger partial charge >= 0.3 is 0 Å². The summed E-state index contributed by atoms with van der Waals surface area (Å²) in [6, 6.07) is 0. The molecule has 0 bridgehead atoms. The molecule has 420 valence electrons. The van der Waals surface area contributed by atoms with Crippen LogP contribution in [0.15, 0.2) is 95.1 Å². The molecule has 1 atom stereocenters. The third-order valence-corrected chi connectivity index (χ3v) is 9.05. The fourth-order valence-electron chi connectivity index (χ4n) is 6.59. The van der Waals surface area contributed by atoms with Crippen molar-refractivity contribution in [2.24, 2.45) is 53.0 Å². The number of aliphatic imine (C=N–C) groups is 2. The van der Waals surface area contributed by atoms with Crippen molar-refractivity contribution >= 4 is 24.4 Å². The number of hydrazine groups is 3. The quantitative estimate of drug-likeness (QED) is 0.135. The Balaban J connectivity index is 0.000000432. The SMILES string of the molecule is C=C1N=C(CC(C)(C)C)NO1.C=C1NC(CC(C)(C)C)=CO1.C=C1NC=C(CC(C)(C)C)O1.CC(C)(C)CC1OC=NC1=O.CC(C)(C)CN1C=CNN1.CC(C)(C)CN1CC=NN1.CC(C)(C)Cc1ncn[nH]1. The molecule has 1 aromatic heterocycles. The highest BCUT2D eigenvalue weighted by molar-refractivity contribution is 5.91. The van der Waals surface area contributed by atoms with E-state index in [0.29, 0.717) is 39.3 Å². The fraction of sp³-hybridized carbons (Fsp3) is 0.673. The van der Waals surface area contributed by atoms with Crippen LogP contribution in [0.5, 0.6) is 0 Å². The molecule has 0 radical (unpaired) electrons. The Morgan fingerprint density at radius 1 is 0.730 bits per heavy atom. The number of nitrogens with zero attached hydrogens (tertiary/aromatic N) is 7. The topological polar surface area (TPSA) is 211 Å². The predicted octanol–water partition coefficient (Wildman–Crippen LogP) is 11.0. The maximum Gasteiger partial charge on any atom is 0.289 e. The van der Waals surface area contributed by atoms with Gasteiger partial charge in [0.05, 0.1) is 12.2 Å². The summed E-state index contributed by atoms with van der Waals surface area (Å²) >= 11 is 0. The van der Waals surface area contributed by atoms with E-state index in [1.165, 1.54) is 6.40 Å². The van der Waals surface area contributed by atoms with Crippen molar-refractivity contribution in [3.63, 3.8) is 0 Å². The molecule has 19 heteroatoms. The van der Waals surface area contributed by atoms with Crippen molar-refractivity contribution in [1.29, 1.82) is 0 Å². The number of ether oxygens (including phenoxy) is 3. The van der Waals surface area contributed by atoms with Gasteiger partial charge in [0.15, 0.2) is 24.3 Å². The number of hydroxylamine groups is 1. The van der Waals surface area contributed by atoms with Gasteiger partial charge in [-0.3, -0.25) is 14.9 Å². The number of nitrogens with one attached hydrogen (secondary N) is 7. The summed E-state index contributed by atoms with van der Waals surface area (Å²) in [7, 11) is 0. The van der Waals surface area contributed by atoms with Crippen LogP contribution in [0.1, 0.15) is 177 Å². The number of hydrogen-bond acceptors (Lipinski definition) is 17. The lowest BCUT2D eigenvalue weighted by atomic mass is 9.89. The highest BCUT2D eigenvalue weighted by atomic mass is 16.7. The first-order valence-electron chi connectivity index (χ1n) is 25.5. The van der Waals surface area contributed by atoms with Gasteiger partial charge in [-0.2, -0.15) is 20.2 Å². The lowest BCUT2D eigenvalue weighted by Crippen LogP contribution is -2.40. The van der Waals surface area contributed by atoms with E-state index in [4.69, 9.17) is 19.0 Å². The molecule has 74 heavy (non-hydrogen) atoms. The zero-order valence-electron chi connectivity index (χ0n) is 49.6. The molecule has 1 aromatic rings. The molecule has 0 fully saturated rings. The van der Waals surface area contributed by atoms with Gasteiger partial charge < -0.3 is 35.1 Å². The molecular formula is C55H100N14O5. The second-order valence-electron chi connectivity index (χ2n) is 27.2. The standard InChI is InChI=1S/2C9H15NO.C8H14N2O.C8H13NO2.C7H13N3.2C7H15N3/c1-7-10-8(6-11-7)5-9(2,3)4;1-7-10-6-8(11-7)5-9(2,3)4;1-6-9-7(10-11-6)5-8(2,3)4;1-8(2,3)4-6-7(10)9-5-11-6;1-7(2,3)4-6-8-5-9-10-6;2*1-7(2,3)6-10-5-4-8-9-10/h2*6,10H,1,5H2,2-4H3;1,5H2,2-4H3,(H,9,10);5-6H,4H2,1-3H3;5H,4H2,1-3H3,(H,8,9,10);4,9H,5-6H2,1-3H3;4-5,8-9H,6H2,1-3H3. The predicted molar refractivity (Wildman–Crippen MR) is 302 cm³/mol. The first-order valence-corrected chi connectivity index (χ1v) is 25.5. The van der Waals surface area contributed by atoms with Crippen molar-refractivity contribution in [1.82, 2.24) is 57.8 Å². The Morgan fingerprint density at radius 3 is 1.72 bits per heavy atom. The molecule has 1 unspecified atom stereocenters. The van der Waals surface area contributed by atoms with Gasteiger partial charge in [-0.25, -0.2) is 21.0 Å². The van der Waals surface area contributed by atoms with Crippen molar-refractivity contribution in [2.45, 2.75) is 184 Å². The number of aromatic amines is 1. The molecule has 7 N–H and O–H groups in total. The Kier molecular flexibility index (Phi) is 26.2. The maximum atomic E-state index is 10.9. The second kappa shape index (κ2) is 29.3. The number of carbonyl (C=O) groups excluding carboxylic acids is 1. The highest BCUT2D eigenvalue weighted by Crippen LogP contribution is 2.28. The van der Waals surface area contributed by atoms with Crippen LogP contribution in [0.2, 0.25) is 0 Å². The monoisotopic (exact) mass is 1040 g/mol. The summed E-state index contributed by atoms with van der Waals surface area (Å²) in [5, 5.41) is 20.6. The van der Waals surface area contributed by atoms with Crippen molar-refractivity contribution in [2.75, 3.05) is 19.6 Å². The normalized spacial score (nSPS) is 17.9. The van der Waals surface area contributed by atoms with Crippen LogP contribution in [0.3, 0.4) is 0 Å². The molecule has 0 saturated heterocycles. The third kappa shape index (κ3) is 37.0. The van der Waals surface area contributed by atoms with E-state index < -0.39 is 0 Å². The summed E-state index contributed by atoms with van der Waals surface area (Å²) in [6.07, 6.45) is 16.3. The summed E-state index contributed by atoms with van der Waals surface area (Å²) in [5.41, 5.74) is 14.5. The molecule has 7 heterocycles. The largest absolute Gasteiger partial charge is 0.470 e. The number of carbonyl (C=O) groups is 1. The summed E-state index contributed by atoms with van der Waals surface area (Å²) in [4.78, 5) is 27.4. The van der Waals surface area contributed by atoms with Crippen LogP contribution in [0.25, 0.3) is 0 Å². The zero-order chi connectivity index (χ0) is 56.8. The molecule has 7 rings (SSSR count). The molecule has 6 aliphatic heterocycles. The Hall–Kier alpha value is -5.82. The first-order chi connectivity index (χ1) is 33.6. The lowest BCUT2D eigenvalue weighted by molar-refractivity contribution is -0.123.